The van der Waals surface area contributed by atoms with Crippen molar-refractivity contribution in [2.24, 2.45) is 0 Å². The summed E-state index contributed by atoms with van der Waals surface area (Å²) in [5.41, 5.74) is 0. The van der Waals surface area contributed by atoms with Gasteiger partial charge in [-0.15, -0.1) is 0 Å². The highest BCUT2D eigenvalue weighted by Crippen LogP contribution is 2.33. The Morgan fingerprint density at radius 3 is 1.67 bits per heavy atom. The lowest BCUT2D eigenvalue weighted by Gasteiger charge is -2.24. The Labute approximate surface area is 206 Å². The van der Waals surface area contributed by atoms with Gasteiger partial charge in [0.15, 0.2) is 0 Å². The molecule has 0 heterocycles. The molecule has 0 bridgehead atoms. The number of quaternary nitrogens is 1. The molecule has 0 saturated heterocycles. The molecule has 0 aromatic carbocycles. The fourth-order valence-corrected chi connectivity index (χ4v) is 4.34. The minimum absolute atomic E-state index is 0.185. The van der Waals surface area contributed by atoms with E-state index in [0.29, 0.717) is 6.61 Å². The number of nitrogens with zero attached hydrogens (tertiary/aromatic N) is 1. The third-order valence-electron chi connectivity index (χ3n) is 5.80. The molecule has 1 N–H and O–H groups in total. The summed E-state index contributed by atoms with van der Waals surface area (Å²) < 4.78 is 16.9. The van der Waals surface area contributed by atoms with Crippen LogP contribution in [0.5, 0.6) is 0 Å². The standard InChI is InChI=1S/C26H55NO5P/c1-6-7-8-9-10-11-12-13-14-15-16-17-18-19-20-21-26(32-25(2)28)24-31-33(29)30-23-22-27(3,4)5/h26,29H,6-24H2,1-5H3/q+1. The molecule has 0 fully saturated rings. The van der Waals surface area contributed by atoms with Crippen LogP contribution < -0.4 is 0 Å². The smallest absolute Gasteiger partial charge is 0.330 e. The molecule has 7 heteroatoms. The first-order valence-electron chi connectivity index (χ1n) is 13.5. The molecule has 2 atom stereocenters. The van der Waals surface area contributed by atoms with E-state index in [1.165, 1.54) is 90.4 Å². The molecule has 0 spiro atoms. The minimum Gasteiger partial charge on any atom is -0.460 e. The second-order valence-corrected chi connectivity index (χ2v) is 11.3. The van der Waals surface area contributed by atoms with Gasteiger partial charge in [0.25, 0.3) is 0 Å². The maximum Gasteiger partial charge on any atom is 0.330 e. The zero-order valence-electron chi connectivity index (χ0n) is 22.5. The number of esters is 1. The Bertz CT molecular complexity index is 445. The summed E-state index contributed by atoms with van der Waals surface area (Å²) in [6.45, 7) is 5.09. The van der Waals surface area contributed by atoms with Gasteiger partial charge in [-0.2, -0.15) is 0 Å². The SMILES string of the molecule is CCCCCCCCCCCCCCCCCC(COP(O)OCC[N+](C)(C)C)OC(C)=O. The Balaban J connectivity index is 3.66. The number of likely N-dealkylation sites (N-methyl/N-ethyl adjacent to an activating group) is 1. The number of rotatable bonds is 24. The van der Waals surface area contributed by atoms with Crippen LogP contribution in [0.3, 0.4) is 0 Å². The Kier molecular flexibility index (Phi) is 22.0. The molecule has 0 radical (unpaired) electrons. The predicted octanol–water partition coefficient (Wildman–Crippen LogP) is 7.14. The third-order valence-corrected chi connectivity index (χ3v) is 6.57. The Morgan fingerprint density at radius 1 is 0.788 bits per heavy atom. The van der Waals surface area contributed by atoms with Gasteiger partial charge in [0.1, 0.15) is 19.3 Å². The van der Waals surface area contributed by atoms with Crippen LogP contribution in [0.4, 0.5) is 0 Å². The van der Waals surface area contributed by atoms with E-state index in [1.54, 1.807) is 0 Å². The van der Waals surface area contributed by atoms with Gasteiger partial charge in [-0.25, -0.2) is 0 Å². The van der Waals surface area contributed by atoms with E-state index in [1.807, 2.05) is 0 Å². The summed E-state index contributed by atoms with van der Waals surface area (Å²) in [6, 6.07) is 0. The van der Waals surface area contributed by atoms with Gasteiger partial charge in [0, 0.05) is 6.92 Å². The van der Waals surface area contributed by atoms with E-state index in [4.69, 9.17) is 13.8 Å². The van der Waals surface area contributed by atoms with E-state index >= 15 is 0 Å². The Hall–Kier alpha value is -0.260. The van der Waals surface area contributed by atoms with Crippen molar-refractivity contribution < 1.29 is 28.0 Å². The molecule has 0 aromatic heterocycles. The largest absolute Gasteiger partial charge is 0.460 e. The monoisotopic (exact) mass is 492 g/mol. The number of carbonyl (C=O) groups is 1. The van der Waals surface area contributed by atoms with Crippen molar-refractivity contribution in [2.45, 2.75) is 123 Å². The van der Waals surface area contributed by atoms with E-state index in [-0.39, 0.29) is 18.7 Å². The molecule has 0 saturated carbocycles. The number of ether oxygens (including phenoxy) is 1. The van der Waals surface area contributed by atoms with Gasteiger partial charge in [0.2, 0.25) is 0 Å². The summed E-state index contributed by atoms with van der Waals surface area (Å²) in [6.07, 6.45) is 20.4. The molecule has 0 aromatic rings. The number of hydrogen-bond donors (Lipinski definition) is 1. The molecule has 0 amide bonds. The van der Waals surface area contributed by atoms with Crippen molar-refractivity contribution in [3.63, 3.8) is 0 Å². The van der Waals surface area contributed by atoms with E-state index in [0.717, 1.165) is 30.3 Å². The maximum atomic E-state index is 11.4. The molecule has 0 aliphatic carbocycles. The van der Waals surface area contributed by atoms with Gasteiger partial charge >= 0.3 is 14.6 Å². The maximum absolute atomic E-state index is 11.4. The molecular formula is C26H55NO5P+. The number of carbonyl (C=O) groups excluding carboxylic acids is 1. The van der Waals surface area contributed by atoms with Crippen LogP contribution in [0.15, 0.2) is 0 Å². The van der Waals surface area contributed by atoms with E-state index in [9.17, 15) is 9.69 Å². The van der Waals surface area contributed by atoms with Crippen LogP contribution in [0.2, 0.25) is 0 Å². The molecule has 0 aliphatic heterocycles. The first-order chi connectivity index (χ1) is 15.7. The van der Waals surface area contributed by atoms with Crippen LogP contribution in [0, 0.1) is 0 Å². The van der Waals surface area contributed by atoms with Crippen LogP contribution in [0.25, 0.3) is 0 Å². The second-order valence-electron chi connectivity index (χ2n) is 10.4. The highest BCUT2D eigenvalue weighted by atomic mass is 31.2. The second kappa shape index (κ2) is 22.2. The topological polar surface area (TPSA) is 65.0 Å². The third kappa shape index (κ3) is 26.2. The highest BCUT2D eigenvalue weighted by molar-refractivity contribution is 7.40. The van der Waals surface area contributed by atoms with Crippen molar-refractivity contribution in [1.29, 1.82) is 0 Å². The normalized spacial score (nSPS) is 13.8. The van der Waals surface area contributed by atoms with E-state index < -0.39 is 8.60 Å². The van der Waals surface area contributed by atoms with Gasteiger partial charge < -0.3 is 23.2 Å². The van der Waals surface area contributed by atoms with Gasteiger partial charge in [-0.1, -0.05) is 96.8 Å². The van der Waals surface area contributed by atoms with Crippen molar-refractivity contribution in [1.82, 2.24) is 0 Å². The lowest BCUT2D eigenvalue weighted by molar-refractivity contribution is -0.870. The van der Waals surface area contributed by atoms with Crippen LogP contribution in [0.1, 0.15) is 117 Å². The van der Waals surface area contributed by atoms with Gasteiger partial charge in [0.05, 0.1) is 27.7 Å². The average Bonchev–Trinajstić information content (AvgIpc) is 2.73. The number of unbranched alkanes of at least 4 members (excludes halogenated alkanes) is 14. The van der Waals surface area contributed by atoms with Gasteiger partial charge in [-0.05, 0) is 12.8 Å². The molecule has 0 aliphatic rings. The van der Waals surface area contributed by atoms with Gasteiger partial charge in [-0.3, -0.25) is 4.79 Å². The summed E-state index contributed by atoms with van der Waals surface area (Å²) in [5.74, 6) is -0.308. The first kappa shape index (κ1) is 32.7. The number of hydrogen-bond acceptors (Lipinski definition) is 5. The lowest BCUT2D eigenvalue weighted by atomic mass is 10.0. The quantitative estimate of drug-likeness (QED) is 0.0671. The van der Waals surface area contributed by atoms with Crippen molar-refractivity contribution in [2.75, 3.05) is 40.9 Å². The van der Waals surface area contributed by atoms with Crippen molar-refractivity contribution >= 4 is 14.6 Å². The van der Waals surface area contributed by atoms with Crippen molar-refractivity contribution in [3.05, 3.63) is 0 Å². The molecule has 33 heavy (non-hydrogen) atoms. The summed E-state index contributed by atoms with van der Waals surface area (Å²) in [4.78, 5) is 21.3. The summed E-state index contributed by atoms with van der Waals surface area (Å²) >= 11 is 0. The van der Waals surface area contributed by atoms with E-state index in [2.05, 4.69) is 28.1 Å². The molecule has 6 nitrogen and oxygen atoms in total. The average molecular weight is 493 g/mol. The fraction of sp³-hybridized carbons (Fsp3) is 0.962. The van der Waals surface area contributed by atoms with Crippen molar-refractivity contribution in [3.8, 4) is 0 Å². The lowest BCUT2D eigenvalue weighted by Crippen LogP contribution is -2.37. The molecular weight excluding hydrogens is 437 g/mol. The minimum atomic E-state index is -1.93. The van der Waals surface area contributed by atoms with Crippen LogP contribution in [-0.2, 0) is 18.6 Å². The zero-order valence-corrected chi connectivity index (χ0v) is 23.4. The fourth-order valence-electron chi connectivity index (χ4n) is 3.73. The molecule has 0 rings (SSSR count). The highest BCUT2D eigenvalue weighted by Gasteiger charge is 2.17. The molecule has 2 unspecified atom stereocenters. The molecule has 198 valence electrons. The summed E-state index contributed by atoms with van der Waals surface area (Å²) in [7, 11) is 4.27. The van der Waals surface area contributed by atoms with Crippen LogP contribution >= 0.6 is 8.60 Å². The predicted molar refractivity (Wildman–Crippen MR) is 139 cm³/mol. The summed E-state index contributed by atoms with van der Waals surface area (Å²) in [5, 5.41) is 0. The zero-order chi connectivity index (χ0) is 24.8. The van der Waals surface area contributed by atoms with Crippen LogP contribution in [-0.4, -0.2) is 62.4 Å². The Morgan fingerprint density at radius 2 is 1.24 bits per heavy atom. The first-order valence-corrected chi connectivity index (χ1v) is 14.6.